The Morgan fingerprint density at radius 3 is 2.30 bits per heavy atom. The van der Waals surface area contributed by atoms with E-state index in [4.69, 9.17) is 23.2 Å². The van der Waals surface area contributed by atoms with Crippen molar-refractivity contribution in [1.29, 1.82) is 0 Å². The van der Waals surface area contributed by atoms with E-state index < -0.39 is 9.84 Å². The Kier molecular flexibility index (Phi) is 4.64. The Balaban J connectivity index is 2.12. The van der Waals surface area contributed by atoms with Crippen molar-refractivity contribution < 1.29 is 8.42 Å². The molecule has 0 aliphatic carbocycles. The largest absolute Gasteiger partial charge is 0.253 e. The van der Waals surface area contributed by atoms with Crippen molar-refractivity contribution in [3.8, 4) is 11.1 Å². The molecule has 0 saturated carbocycles. The molecule has 0 saturated heterocycles. The average molecular weight is 414 g/mol. The van der Waals surface area contributed by atoms with Crippen molar-refractivity contribution in [3.63, 3.8) is 0 Å². The van der Waals surface area contributed by atoms with E-state index in [1.54, 1.807) is 60.7 Å². The van der Waals surface area contributed by atoms with Gasteiger partial charge in [0.1, 0.15) is 0 Å². The fourth-order valence-electron chi connectivity index (χ4n) is 3.04. The van der Waals surface area contributed by atoms with Gasteiger partial charge < -0.3 is 0 Å². The Labute approximate surface area is 167 Å². The zero-order valence-corrected chi connectivity index (χ0v) is 16.3. The quantitative estimate of drug-likeness (QED) is 0.411. The molecule has 134 valence electrons. The van der Waals surface area contributed by atoms with Crippen LogP contribution in [0, 0.1) is 0 Å². The monoisotopic (exact) mass is 413 g/mol. The number of halogens is 2. The van der Waals surface area contributed by atoms with Crippen LogP contribution in [-0.4, -0.2) is 13.4 Å². The van der Waals surface area contributed by atoms with Gasteiger partial charge in [-0.2, -0.15) is 0 Å². The summed E-state index contributed by atoms with van der Waals surface area (Å²) in [5, 5.41) is 1.63. The van der Waals surface area contributed by atoms with Crippen LogP contribution >= 0.6 is 23.2 Å². The molecule has 27 heavy (non-hydrogen) atoms. The van der Waals surface area contributed by atoms with Gasteiger partial charge in [-0.25, -0.2) is 8.42 Å². The molecule has 4 aromatic rings. The van der Waals surface area contributed by atoms with Gasteiger partial charge in [0.15, 0.2) is 0 Å². The molecule has 3 nitrogen and oxygen atoms in total. The van der Waals surface area contributed by atoms with Crippen LogP contribution in [0.4, 0.5) is 0 Å². The summed E-state index contributed by atoms with van der Waals surface area (Å²) in [6.45, 7) is 0. The van der Waals surface area contributed by atoms with Crippen molar-refractivity contribution in [2.45, 2.75) is 9.79 Å². The van der Waals surface area contributed by atoms with E-state index in [9.17, 15) is 8.42 Å². The lowest BCUT2D eigenvalue weighted by atomic mass is 10.0. The van der Waals surface area contributed by atoms with Gasteiger partial charge in [0.2, 0.25) is 9.84 Å². The van der Waals surface area contributed by atoms with Gasteiger partial charge >= 0.3 is 0 Å². The molecule has 1 heterocycles. The second-order valence-electron chi connectivity index (χ2n) is 5.96. The average Bonchev–Trinajstić information content (AvgIpc) is 2.68. The van der Waals surface area contributed by atoms with Crippen molar-refractivity contribution >= 4 is 43.9 Å². The predicted octanol–water partition coefficient (Wildman–Crippen LogP) is 6.04. The lowest BCUT2D eigenvalue weighted by Gasteiger charge is -2.14. The number of benzene rings is 3. The Hall–Kier alpha value is -2.40. The third kappa shape index (κ3) is 3.21. The van der Waals surface area contributed by atoms with E-state index in [-0.39, 0.29) is 9.79 Å². The number of sulfone groups is 1. The van der Waals surface area contributed by atoms with Gasteiger partial charge in [-0.15, -0.1) is 0 Å². The minimum Gasteiger partial charge on any atom is -0.253 e. The van der Waals surface area contributed by atoms with E-state index in [1.807, 2.05) is 12.1 Å². The van der Waals surface area contributed by atoms with E-state index in [2.05, 4.69) is 4.98 Å². The maximum Gasteiger partial charge on any atom is 0.208 e. The molecule has 1 aromatic heterocycles. The van der Waals surface area contributed by atoms with Crippen LogP contribution in [0.15, 0.2) is 88.8 Å². The molecule has 0 radical (unpaired) electrons. The van der Waals surface area contributed by atoms with Crippen LogP contribution in [-0.2, 0) is 9.84 Å². The van der Waals surface area contributed by atoms with E-state index in [0.717, 1.165) is 0 Å². The molecule has 0 aliphatic heterocycles. The van der Waals surface area contributed by atoms with Gasteiger partial charge in [0.25, 0.3) is 0 Å². The first-order valence-electron chi connectivity index (χ1n) is 8.12. The van der Waals surface area contributed by atoms with E-state index >= 15 is 0 Å². The number of para-hydroxylation sites is 1. The number of hydrogen-bond donors (Lipinski definition) is 0. The summed E-state index contributed by atoms with van der Waals surface area (Å²) in [7, 11) is -3.78. The van der Waals surface area contributed by atoms with Crippen LogP contribution in [0.25, 0.3) is 22.0 Å². The van der Waals surface area contributed by atoms with Crippen molar-refractivity contribution in [2.24, 2.45) is 0 Å². The second-order valence-corrected chi connectivity index (χ2v) is 8.72. The third-order valence-corrected chi connectivity index (χ3v) is 6.59. The SMILES string of the molecule is O=S(=O)(c1ccccc1)c1cnc2c(Cl)cccc2c1-c1cccc(Cl)c1. The van der Waals surface area contributed by atoms with Crippen molar-refractivity contribution in [3.05, 3.63) is 89.0 Å². The van der Waals surface area contributed by atoms with Gasteiger partial charge in [-0.05, 0) is 35.9 Å². The molecule has 0 spiro atoms. The first kappa shape index (κ1) is 18.0. The topological polar surface area (TPSA) is 47.0 Å². The predicted molar refractivity (Wildman–Crippen MR) is 109 cm³/mol. The lowest BCUT2D eigenvalue weighted by molar-refractivity contribution is 0.596. The van der Waals surface area contributed by atoms with Gasteiger partial charge in [0.05, 0.1) is 20.3 Å². The smallest absolute Gasteiger partial charge is 0.208 e. The Morgan fingerprint density at radius 2 is 1.56 bits per heavy atom. The van der Waals surface area contributed by atoms with Gasteiger partial charge in [-0.1, -0.05) is 65.7 Å². The molecule has 6 heteroatoms. The van der Waals surface area contributed by atoms with Crippen LogP contribution in [0.1, 0.15) is 0 Å². The summed E-state index contributed by atoms with van der Waals surface area (Å²) < 4.78 is 26.7. The Bertz CT molecular complexity index is 1260. The molecule has 0 unspecified atom stereocenters. The number of fused-ring (bicyclic) bond motifs is 1. The zero-order valence-electron chi connectivity index (χ0n) is 13.9. The molecule has 0 aliphatic rings. The summed E-state index contributed by atoms with van der Waals surface area (Å²) in [5.41, 5.74) is 1.77. The third-order valence-electron chi connectivity index (χ3n) is 4.27. The normalized spacial score (nSPS) is 11.6. The molecule has 0 N–H and O–H groups in total. The molecule has 0 fully saturated rings. The summed E-state index contributed by atoms with van der Waals surface area (Å²) in [4.78, 5) is 4.66. The molecule has 0 atom stereocenters. The summed E-state index contributed by atoms with van der Waals surface area (Å²) >= 11 is 12.5. The molecule has 4 rings (SSSR count). The molecule has 0 bridgehead atoms. The lowest BCUT2D eigenvalue weighted by Crippen LogP contribution is -2.05. The highest BCUT2D eigenvalue weighted by atomic mass is 35.5. The highest BCUT2D eigenvalue weighted by Gasteiger charge is 2.25. The molecular weight excluding hydrogens is 401 g/mol. The van der Waals surface area contributed by atoms with Crippen LogP contribution in [0.5, 0.6) is 0 Å². The number of nitrogens with zero attached hydrogens (tertiary/aromatic N) is 1. The second kappa shape index (κ2) is 6.97. The number of pyridine rings is 1. The summed E-state index contributed by atoms with van der Waals surface area (Å²) in [5.74, 6) is 0. The van der Waals surface area contributed by atoms with E-state index in [1.165, 1.54) is 6.20 Å². The van der Waals surface area contributed by atoms with Gasteiger partial charge in [-0.3, -0.25) is 4.98 Å². The van der Waals surface area contributed by atoms with Crippen molar-refractivity contribution in [1.82, 2.24) is 4.98 Å². The minimum atomic E-state index is -3.78. The molecule has 0 amide bonds. The zero-order chi connectivity index (χ0) is 19.0. The molecular formula is C21H13Cl2NO2S. The summed E-state index contributed by atoms with van der Waals surface area (Å²) in [6, 6.07) is 20.7. The van der Waals surface area contributed by atoms with E-state index in [0.29, 0.717) is 32.1 Å². The van der Waals surface area contributed by atoms with Crippen molar-refractivity contribution in [2.75, 3.05) is 0 Å². The highest BCUT2D eigenvalue weighted by Crippen LogP contribution is 2.38. The first-order chi connectivity index (χ1) is 13.0. The van der Waals surface area contributed by atoms with Crippen LogP contribution < -0.4 is 0 Å². The fraction of sp³-hybridized carbons (Fsp3) is 0. The van der Waals surface area contributed by atoms with Gasteiger partial charge in [0, 0.05) is 22.2 Å². The first-order valence-corrected chi connectivity index (χ1v) is 10.4. The fourth-order valence-corrected chi connectivity index (χ4v) is 4.91. The Morgan fingerprint density at radius 1 is 0.815 bits per heavy atom. The standard InChI is InChI=1S/C21H13Cl2NO2S/c22-15-7-4-6-14(12-15)20-17-10-5-11-18(23)21(17)24-13-19(20)27(25,26)16-8-2-1-3-9-16/h1-13H. The number of rotatable bonds is 3. The molecule has 3 aromatic carbocycles. The number of aromatic nitrogens is 1. The number of hydrogen-bond acceptors (Lipinski definition) is 3. The minimum absolute atomic E-state index is 0.116. The van der Waals surface area contributed by atoms with Crippen LogP contribution in [0.2, 0.25) is 10.0 Å². The maximum atomic E-state index is 13.3. The summed E-state index contributed by atoms with van der Waals surface area (Å²) in [6.07, 6.45) is 1.37. The maximum absolute atomic E-state index is 13.3. The van der Waals surface area contributed by atoms with Crippen LogP contribution in [0.3, 0.4) is 0 Å². The highest BCUT2D eigenvalue weighted by molar-refractivity contribution is 7.91.